The van der Waals surface area contributed by atoms with E-state index in [0.717, 1.165) is 57.5 Å². The molecule has 0 aliphatic heterocycles. The molecule has 4 heteroatoms. The molecule has 3 aromatic heterocycles. The van der Waals surface area contributed by atoms with Crippen LogP contribution >= 0.6 is 0 Å². The number of hydrogen-bond acceptors (Lipinski definition) is 2. The molecule has 61 heavy (non-hydrogen) atoms. The topological polar surface area (TPSA) is 39.8 Å². The Morgan fingerprint density at radius 1 is 0.443 bits per heavy atom. The third kappa shape index (κ3) is 5.67. The van der Waals surface area contributed by atoms with Gasteiger partial charge < -0.3 is 4.57 Å². The lowest BCUT2D eigenvalue weighted by molar-refractivity contribution is 0.707. The van der Waals surface area contributed by atoms with Crippen molar-refractivity contribution in [2.75, 3.05) is 0 Å². The van der Waals surface area contributed by atoms with Gasteiger partial charge in [0.2, 0.25) is 0 Å². The van der Waals surface area contributed by atoms with Crippen LogP contribution in [-0.4, -0.2) is 14.1 Å². The lowest BCUT2D eigenvalue weighted by atomic mass is 9.85. The fourth-order valence-electron chi connectivity index (χ4n) is 9.96. The van der Waals surface area contributed by atoms with E-state index < -0.39 is 0 Å². The molecule has 0 saturated carbocycles. The summed E-state index contributed by atoms with van der Waals surface area (Å²) in [5, 5.41) is 5.13. The Morgan fingerprint density at radius 3 is 1.84 bits per heavy atom. The van der Waals surface area contributed by atoms with Crippen molar-refractivity contribution < 1.29 is 0 Å². The number of para-hydroxylation sites is 3. The van der Waals surface area contributed by atoms with Gasteiger partial charge in [-0.3, -0.25) is 9.36 Å². The minimum Gasteiger partial charge on any atom is -0.309 e. The smallest absolute Gasteiger partial charge is 0.263 e. The zero-order chi connectivity index (χ0) is 40.4. The molecule has 12 rings (SSSR count). The monoisotopic (exact) mass is 781 g/mol. The van der Waals surface area contributed by atoms with Gasteiger partial charge in [0.1, 0.15) is 0 Å². The number of hydrogen-bond donors (Lipinski definition) is 0. The van der Waals surface area contributed by atoms with Crippen LogP contribution < -0.4 is 5.56 Å². The van der Waals surface area contributed by atoms with Gasteiger partial charge in [-0.05, 0) is 112 Å². The highest BCUT2D eigenvalue weighted by molar-refractivity contribution is 6.11. The molecule has 0 bridgehead atoms. The molecule has 0 N–H and O–H groups in total. The first-order chi connectivity index (χ1) is 30.2. The molecule has 0 radical (unpaired) electrons. The molecule has 1 aliphatic rings. The Morgan fingerprint density at radius 2 is 1.05 bits per heavy atom. The van der Waals surface area contributed by atoms with Crippen molar-refractivity contribution in [3.8, 4) is 44.9 Å². The van der Waals surface area contributed by atoms with E-state index in [0.29, 0.717) is 5.39 Å². The van der Waals surface area contributed by atoms with E-state index in [9.17, 15) is 4.79 Å². The summed E-state index contributed by atoms with van der Waals surface area (Å²) >= 11 is 0. The Bertz CT molecular complexity index is 3550. The number of rotatable bonds is 5. The second-order valence-electron chi connectivity index (χ2n) is 16.2. The van der Waals surface area contributed by atoms with Crippen LogP contribution in [0, 0.1) is 0 Å². The Balaban J connectivity index is 1.08. The van der Waals surface area contributed by atoms with E-state index in [2.05, 4.69) is 156 Å². The van der Waals surface area contributed by atoms with Crippen molar-refractivity contribution in [3.63, 3.8) is 0 Å². The van der Waals surface area contributed by atoms with Gasteiger partial charge in [0.05, 0.1) is 22.2 Å². The van der Waals surface area contributed by atoms with Gasteiger partial charge >= 0.3 is 0 Å². The molecular weight excluding hydrogens is 743 g/mol. The van der Waals surface area contributed by atoms with Crippen LogP contribution in [0.1, 0.15) is 29.2 Å². The molecule has 0 saturated heterocycles. The van der Waals surface area contributed by atoms with Crippen molar-refractivity contribution in [2.45, 2.75) is 18.8 Å². The third-order valence-electron chi connectivity index (χ3n) is 12.8. The predicted molar refractivity (Wildman–Crippen MR) is 252 cm³/mol. The van der Waals surface area contributed by atoms with Crippen LogP contribution in [-0.2, 0) is 6.42 Å². The van der Waals surface area contributed by atoms with E-state index >= 15 is 0 Å². The number of pyridine rings is 2. The summed E-state index contributed by atoms with van der Waals surface area (Å²) in [6.45, 7) is 0. The maximum Gasteiger partial charge on any atom is 0.263 e. The molecule has 0 spiro atoms. The number of benzene rings is 8. The number of nitrogens with zero attached hydrogens (tertiary/aromatic N) is 3. The number of aryl methyl sites for hydroxylation is 1. The lowest BCUT2D eigenvalue weighted by Crippen LogP contribution is -2.20. The van der Waals surface area contributed by atoms with Crippen LogP contribution in [0.5, 0.6) is 0 Å². The predicted octanol–water partition coefficient (Wildman–Crippen LogP) is 13.7. The molecule has 288 valence electrons. The quantitative estimate of drug-likeness (QED) is 0.163. The van der Waals surface area contributed by atoms with Gasteiger partial charge in [0.15, 0.2) is 0 Å². The summed E-state index contributed by atoms with van der Waals surface area (Å²) < 4.78 is 4.24. The first-order valence-corrected chi connectivity index (χ1v) is 21.1. The van der Waals surface area contributed by atoms with E-state index in [-0.39, 0.29) is 11.5 Å². The zero-order valence-electron chi connectivity index (χ0n) is 33.4. The number of aromatic nitrogens is 3. The average Bonchev–Trinajstić information content (AvgIpc) is 3.56. The van der Waals surface area contributed by atoms with Crippen LogP contribution in [0.2, 0.25) is 0 Å². The largest absolute Gasteiger partial charge is 0.309 e. The van der Waals surface area contributed by atoms with Crippen LogP contribution in [0.3, 0.4) is 0 Å². The van der Waals surface area contributed by atoms with Crippen molar-refractivity contribution in [3.05, 3.63) is 233 Å². The molecular formula is C57H39N3O. The fourth-order valence-corrected chi connectivity index (χ4v) is 9.96. The Hall–Kier alpha value is -7.82. The molecule has 4 nitrogen and oxygen atoms in total. The minimum absolute atomic E-state index is 0.00510. The van der Waals surface area contributed by atoms with Gasteiger partial charge in [-0.1, -0.05) is 146 Å². The fraction of sp³-hybridized carbons (Fsp3) is 0.0526. The summed E-state index contributed by atoms with van der Waals surface area (Å²) in [6, 6.07) is 72.9. The van der Waals surface area contributed by atoms with Crippen molar-refractivity contribution in [2.24, 2.45) is 0 Å². The lowest BCUT2D eigenvalue weighted by Gasteiger charge is -2.22. The van der Waals surface area contributed by atoms with Crippen LogP contribution in [0.25, 0.3) is 88.4 Å². The molecule has 0 fully saturated rings. The summed E-state index contributed by atoms with van der Waals surface area (Å²) in [7, 11) is 0. The zero-order valence-corrected chi connectivity index (χ0v) is 33.4. The maximum atomic E-state index is 14.5. The highest BCUT2D eigenvalue weighted by Gasteiger charge is 2.28. The standard InChI is InChI=1S/C57H39N3O/c61-57-48-26-13-12-24-44(48)51-36-52(58-55(38-17-4-1-5-18-38)56(51)60(57)42-21-8-3-9-22-42)46-32-28-37-16-10-11-23-43(37)49-34-39(29-31-45(46)49)40-30-33-54-50(35-40)47-25-14-15-27-53(47)59(54)41-19-6-2-7-20-41/h1-27,29-31,33-36,46H,28,32H2. The normalized spacial score (nSPS) is 13.7. The van der Waals surface area contributed by atoms with Gasteiger partial charge in [0.25, 0.3) is 5.56 Å². The molecule has 1 atom stereocenters. The molecule has 8 aromatic carbocycles. The Kier molecular flexibility index (Phi) is 8.17. The summed E-state index contributed by atoms with van der Waals surface area (Å²) in [5.41, 5.74) is 15.4. The van der Waals surface area contributed by atoms with Gasteiger partial charge in [-0.15, -0.1) is 0 Å². The average molecular weight is 782 g/mol. The summed E-state index contributed by atoms with van der Waals surface area (Å²) in [6.07, 6.45) is 1.82. The van der Waals surface area contributed by atoms with Crippen molar-refractivity contribution in [1.29, 1.82) is 0 Å². The second-order valence-corrected chi connectivity index (χ2v) is 16.2. The van der Waals surface area contributed by atoms with E-state index in [1.54, 1.807) is 0 Å². The maximum absolute atomic E-state index is 14.5. The first kappa shape index (κ1) is 35.2. The molecule has 3 heterocycles. The molecule has 0 amide bonds. The van der Waals surface area contributed by atoms with Crippen LogP contribution in [0.15, 0.2) is 211 Å². The van der Waals surface area contributed by atoms with Gasteiger partial charge in [-0.2, -0.15) is 0 Å². The van der Waals surface area contributed by atoms with Crippen LogP contribution in [0.4, 0.5) is 0 Å². The molecule has 1 unspecified atom stereocenters. The SMILES string of the molecule is O=c1c2ccccc2c2cc(C3CCc4ccccc4-c4cc(-c5ccc6c(c5)c5ccccc5n6-c5ccccc5)ccc43)nc(-c3ccccc3)c2n1-c1ccccc1. The molecule has 11 aromatic rings. The van der Waals surface area contributed by atoms with Gasteiger partial charge in [0, 0.05) is 50.1 Å². The summed E-state index contributed by atoms with van der Waals surface area (Å²) in [5.74, 6) is 0.00510. The van der Waals surface area contributed by atoms with Crippen molar-refractivity contribution >= 4 is 43.5 Å². The Labute approximate surface area is 353 Å². The summed E-state index contributed by atoms with van der Waals surface area (Å²) in [4.78, 5) is 20.2. The second kappa shape index (κ2) is 14.2. The van der Waals surface area contributed by atoms with E-state index in [1.165, 1.54) is 55.2 Å². The van der Waals surface area contributed by atoms with E-state index in [1.807, 2.05) is 59.2 Å². The molecule has 1 aliphatic carbocycles. The number of fused-ring (bicyclic) bond motifs is 9. The highest BCUT2D eigenvalue weighted by atomic mass is 16.1. The minimum atomic E-state index is -0.0494. The highest BCUT2D eigenvalue weighted by Crippen LogP contribution is 2.45. The van der Waals surface area contributed by atoms with Crippen molar-refractivity contribution in [1.82, 2.24) is 14.1 Å². The van der Waals surface area contributed by atoms with Gasteiger partial charge in [-0.25, -0.2) is 4.98 Å². The van der Waals surface area contributed by atoms with E-state index in [4.69, 9.17) is 4.98 Å². The first-order valence-electron chi connectivity index (χ1n) is 21.1. The third-order valence-corrected chi connectivity index (χ3v) is 12.8.